The summed E-state index contributed by atoms with van der Waals surface area (Å²) in [5.74, 6) is 0. The van der Waals surface area contributed by atoms with E-state index in [1.165, 1.54) is 0 Å². The second-order valence-corrected chi connectivity index (χ2v) is 5.66. The Kier molecular flexibility index (Phi) is 5.03. The minimum atomic E-state index is 0.0383. The molecule has 122 valence electrons. The number of carbonyl (C=O) groups is 1. The molecule has 3 heteroatoms. The van der Waals surface area contributed by atoms with Crippen molar-refractivity contribution in [2.24, 2.45) is 0 Å². The zero-order chi connectivity index (χ0) is 18.4. The van der Waals surface area contributed by atoms with E-state index < -0.39 is 0 Å². The van der Waals surface area contributed by atoms with Crippen molar-refractivity contribution in [3.63, 3.8) is 0 Å². The van der Waals surface area contributed by atoms with Crippen molar-refractivity contribution in [1.29, 1.82) is 10.5 Å². The highest BCUT2D eigenvalue weighted by molar-refractivity contribution is 5.88. The summed E-state index contributed by atoms with van der Waals surface area (Å²) >= 11 is 0. The van der Waals surface area contributed by atoms with Gasteiger partial charge in [0.15, 0.2) is 0 Å². The summed E-state index contributed by atoms with van der Waals surface area (Å²) in [6.45, 7) is 0. The van der Waals surface area contributed by atoms with Gasteiger partial charge in [0.1, 0.15) is 24.0 Å². The fourth-order valence-electron chi connectivity index (χ4n) is 2.78. The van der Waals surface area contributed by atoms with E-state index in [9.17, 15) is 15.3 Å². The van der Waals surface area contributed by atoms with Crippen molar-refractivity contribution in [1.82, 2.24) is 0 Å². The van der Waals surface area contributed by atoms with Crippen LogP contribution < -0.4 is 0 Å². The third-order valence-corrected chi connectivity index (χ3v) is 4.09. The maximum Gasteiger partial charge on any atom is 0.150 e. The SMILES string of the molecule is N#CC(C#N)=C(c1ccc(C=O)cc1)c1ccc(-c2ccccc2)cc1. The third kappa shape index (κ3) is 3.43. The lowest BCUT2D eigenvalue weighted by molar-refractivity contribution is 0.112. The van der Waals surface area contributed by atoms with E-state index in [1.807, 2.05) is 66.7 Å². The topological polar surface area (TPSA) is 64.7 Å². The summed E-state index contributed by atoms with van der Waals surface area (Å²) < 4.78 is 0. The van der Waals surface area contributed by atoms with Gasteiger partial charge in [0.2, 0.25) is 0 Å². The molecule has 0 radical (unpaired) electrons. The van der Waals surface area contributed by atoms with E-state index in [0.717, 1.165) is 28.5 Å². The number of rotatable bonds is 4. The van der Waals surface area contributed by atoms with E-state index in [1.54, 1.807) is 24.3 Å². The smallest absolute Gasteiger partial charge is 0.150 e. The van der Waals surface area contributed by atoms with Crippen molar-refractivity contribution in [2.75, 3.05) is 0 Å². The quantitative estimate of drug-likeness (QED) is 0.497. The molecule has 0 spiro atoms. The molecule has 26 heavy (non-hydrogen) atoms. The number of hydrogen-bond donors (Lipinski definition) is 0. The molecule has 3 rings (SSSR count). The van der Waals surface area contributed by atoms with Crippen LogP contribution in [0, 0.1) is 22.7 Å². The van der Waals surface area contributed by atoms with Crippen LogP contribution in [0.25, 0.3) is 16.7 Å². The fourth-order valence-corrected chi connectivity index (χ4v) is 2.78. The standard InChI is InChI=1S/C23H14N2O/c24-14-22(15-25)23(20-8-6-17(16-26)7-9-20)21-12-10-19(11-13-21)18-4-2-1-3-5-18/h1-13,16H. The number of carbonyl (C=O) groups excluding carboxylic acids is 1. The van der Waals surface area contributed by atoms with E-state index in [4.69, 9.17) is 0 Å². The number of allylic oxidation sites excluding steroid dienone is 1. The van der Waals surface area contributed by atoms with Crippen LogP contribution in [-0.2, 0) is 0 Å². The van der Waals surface area contributed by atoms with Crippen LogP contribution in [0.15, 0.2) is 84.4 Å². The predicted molar refractivity (Wildman–Crippen MR) is 101 cm³/mol. The monoisotopic (exact) mass is 334 g/mol. The number of nitriles is 2. The molecule has 3 aromatic rings. The maximum absolute atomic E-state index is 10.9. The molecule has 0 fully saturated rings. The number of hydrogen-bond acceptors (Lipinski definition) is 3. The molecule has 3 nitrogen and oxygen atoms in total. The minimum absolute atomic E-state index is 0.0383. The molecule has 0 unspecified atom stereocenters. The van der Waals surface area contributed by atoms with Crippen molar-refractivity contribution in [3.8, 4) is 23.3 Å². The van der Waals surface area contributed by atoms with Gasteiger partial charge < -0.3 is 0 Å². The first kappa shape index (κ1) is 16.9. The molecule has 0 N–H and O–H groups in total. The molecule has 0 aromatic heterocycles. The zero-order valence-electron chi connectivity index (χ0n) is 13.9. The first-order chi connectivity index (χ1) is 12.8. The Morgan fingerprint density at radius 1 is 0.692 bits per heavy atom. The molecule has 0 bridgehead atoms. The number of aldehydes is 1. The average molecular weight is 334 g/mol. The molecule has 0 aliphatic heterocycles. The van der Waals surface area contributed by atoms with Gasteiger partial charge in [-0.25, -0.2) is 0 Å². The van der Waals surface area contributed by atoms with Gasteiger partial charge in [0.25, 0.3) is 0 Å². The molecule has 0 saturated carbocycles. The van der Waals surface area contributed by atoms with Crippen molar-refractivity contribution >= 4 is 11.9 Å². The lowest BCUT2D eigenvalue weighted by Gasteiger charge is -2.10. The molecule has 0 amide bonds. The van der Waals surface area contributed by atoms with Gasteiger partial charge >= 0.3 is 0 Å². The molecule has 3 aromatic carbocycles. The fraction of sp³-hybridized carbons (Fsp3) is 0. The average Bonchev–Trinajstić information content (AvgIpc) is 2.73. The lowest BCUT2D eigenvalue weighted by atomic mass is 9.92. The normalized spacial score (nSPS) is 9.62. The van der Waals surface area contributed by atoms with E-state index in [0.29, 0.717) is 11.1 Å². The minimum Gasteiger partial charge on any atom is -0.298 e. The molecule has 0 aliphatic rings. The van der Waals surface area contributed by atoms with E-state index >= 15 is 0 Å². The first-order valence-corrected chi connectivity index (χ1v) is 8.03. The Labute approximate surface area is 152 Å². The maximum atomic E-state index is 10.9. The van der Waals surface area contributed by atoms with Crippen LogP contribution in [0.4, 0.5) is 0 Å². The summed E-state index contributed by atoms with van der Waals surface area (Å²) in [5, 5.41) is 18.7. The highest BCUT2D eigenvalue weighted by Crippen LogP contribution is 2.29. The summed E-state index contributed by atoms with van der Waals surface area (Å²) in [7, 11) is 0. The van der Waals surface area contributed by atoms with Gasteiger partial charge in [-0.3, -0.25) is 4.79 Å². The van der Waals surface area contributed by atoms with Gasteiger partial charge in [0, 0.05) is 11.1 Å². The van der Waals surface area contributed by atoms with Crippen molar-refractivity contribution < 1.29 is 4.79 Å². The largest absolute Gasteiger partial charge is 0.298 e. The van der Waals surface area contributed by atoms with Crippen LogP contribution in [0.1, 0.15) is 21.5 Å². The summed E-state index contributed by atoms with van der Waals surface area (Å²) in [4.78, 5) is 10.9. The summed E-state index contributed by atoms with van der Waals surface area (Å²) in [6.07, 6.45) is 0.761. The Bertz CT molecular complexity index is 1020. The second kappa shape index (κ2) is 7.75. The van der Waals surface area contributed by atoms with Crippen molar-refractivity contribution in [2.45, 2.75) is 0 Å². The first-order valence-electron chi connectivity index (χ1n) is 8.03. The van der Waals surface area contributed by atoms with Gasteiger partial charge in [0.05, 0.1) is 0 Å². The number of nitrogens with zero attached hydrogens (tertiary/aromatic N) is 2. The third-order valence-electron chi connectivity index (χ3n) is 4.09. The highest BCUT2D eigenvalue weighted by atomic mass is 16.1. The van der Waals surface area contributed by atoms with Crippen LogP contribution in [0.3, 0.4) is 0 Å². The molecular weight excluding hydrogens is 320 g/mol. The second-order valence-electron chi connectivity index (χ2n) is 5.66. The van der Waals surface area contributed by atoms with Gasteiger partial charge in [-0.1, -0.05) is 78.9 Å². The molecule has 0 saturated heterocycles. The lowest BCUT2D eigenvalue weighted by Crippen LogP contribution is -1.93. The van der Waals surface area contributed by atoms with E-state index in [-0.39, 0.29) is 5.57 Å². The molecular formula is C23H14N2O. The number of benzene rings is 3. The van der Waals surface area contributed by atoms with Crippen LogP contribution in [0.2, 0.25) is 0 Å². The Morgan fingerprint density at radius 3 is 1.69 bits per heavy atom. The van der Waals surface area contributed by atoms with Gasteiger partial charge in [-0.2, -0.15) is 10.5 Å². The molecule has 0 atom stereocenters. The highest BCUT2D eigenvalue weighted by Gasteiger charge is 2.12. The van der Waals surface area contributed by atoms with Crippen molar-refractivity contribution in [3.05, 3.63) is 101 Å². The van der Waals surface area contributed by atoms with E-state index in [2.05, 4.69) is 0 Å². The molecule has 0 aliphatic carbocycles. The summed E-state index contributed by atoms with van der Waals surface area (Å²) in [5.41, 5.74) is 4.80. The van der Waals surface area contributed by atoms with Crippen LogP contribution in [-0.4, -0.2) is 6.29 Å². The summed E-state index contributed by atoms with van der Waals surface area (Å²) in [6, 6.07) is 28.5. The zero-order valence-corrected chi connectivity index (χ0v) is 13.9. The van der Waals surface area contributed by atoms with Gasteiger partial charge in [-0.05, 0) is 22.3 Å². The van der Waals surface area contributed by atoms with Gasteiger partial charge in [-0.15, -0.1) is 0 Å². The Morgan fingerprint density at radius 2 is 1.19 bits per heavy atom. The predicted octanol–water partition coefficient (Wildman–Crippen LogP) is 5.02. The Hall–Kier alpha value is -3.95. The van der Waals surface area contributed by atoms with Crippen LogP contribution >= 0.6 is 0 Å². The molecule has 0 heterocycles. The Balaban J connectivity index is 2.09. The van der Waals surface area contributed by atoms with Crippen LogP contribution in [0.5, 0.6) is 0 Å².